The van der Waals surface area contributed by atoms with Crippen molar-refractivity contribution in [2.45, 2.75) is 13.0 Å². The molecule has 0 saturated heterocycles. The first-order valence-electron chi connectivity index (χ1n) is 10.6. The van der Waals surface area contributed by atoms with Crippen LogP contribution in [0.4, 0.5) is 11.4 Å². The number of hydrazine groups is 3. The molecule has 0 fully saturated rings. The topological polar surface area (TPSA) is 72.4 Å². The van der Waals surface area contributed by atoms with Crippen LogP contribution in [-0.4, -0.2) is 23.6 Å². The summed E-state index contributed by atoms with van der Waals surface area (Å²) < 4.78 is 6.04. The predicted octanol–water partition coefficient (Wildman–Crippen LogP) is 3.66. The number of benzene rings is 3. The molecule has 0 spiro atoms. The van der Waals surface area contributed by atoms with Gasteiger partial charge in [-0.15, -0.1) is 0 Å². The zero-order chi connectivity index (χ0) is 21.9. The molecule has 0 bridgehead atoms. The quantitative estimate of drug-likeness (QED) is 0.280. The summed E-state index contributed by atoms with van der Waals surface area (Å²) in [6.07, 6.45) is 0.805. The van der Waals surface area contributed by atoms with Crippen LogP contribution in [0.25, 0.3) is 10.9 Å². The number of H-pyrrole nitrogens is 1. The van der Waals surface area contributed by atoms with Gasteiger partial charge in [-0.1, -0.05) is 48.5 Å². The fourth-order valence-electron chi connectivity index (χ4n) is 3.76. The summed E-state index contributed by atoms with van der Waals surface area (Å²) in [7, 11) is 1.99. The third kappa shape index (κ3) is 4.36. The summed E-state index contributed by atoms with van der Waals surface area (Å²) in [5, 5.41) is 4.99. The fraction of sp³-hybridized carbons (Fsp3) is 0.160. The van der Waals surface area contributed by atoms with Crippen molar-refractivity contribution in [2.75, 3.05) is 18.6 Å². The van der Waals surface area contributed by atoms with Crippen LogP contribution in [0.1, 0.15) is 11.1 Å². The van der Waals surface area contributed by atoms with Crippen molar-refractivity contribution in [3.05, 3.63) is 100 Å². The molecular weight excluding hydrogens is 402 g/mol. The second-order valence-electron chi connectivity index (χ2n) is 7.83. The van der Waals surface area contributed by atoms with E-state index in [1.807, 2.05) is 71.7 Å². The molecule has 1 aliphatic heterocycles. The second-order valence-corrected chi connectivity index (χ2v) is 7.83. The number of aromatic nitrogens is 1. The van der Waals surface area contributed by atoms with Crippen molar-refractivity contribution >= 4 is 22.3 Å². The van der Waals surface area contributed by atoms with Gasteiger partial charge in [0.25, 0.3) is 0 Å². The van der Waals surface area contributed by atoms with Crippen LogP contribution >= 0.6 is 0 Å². The average molecular weight is 428 g/mol. The Morgan fingerprint density at radius 2 is 1.69 bits per heavy atom. The van der Waals surface area contributed by atoms with Crippen molar-refractivity contribution < 1.29 is 4.74 Å². The maximum absolute atomic E-state index is 12.0. The summed E-state index contributed by atoms with van der Waals surface area (Å²) >= 11 is 0. The van der Waals surface area contributed by atoms with Crippen molar-refractivity contribution in [2.24, 2.45) is 0 Å². The molecule has 1 aliphatic rings. The number of fused-ring (bicyclic) bond motifs is 2. The lowest BCUT2D eigenvalue weighted by Gasteiger charge is -2.20. The monoisotopic (exact) mass is 427 g/mol. The first kappa shape index (κ1) is 20.3. The fourth-order valence-corrected chi connectivity index (χ4v) is 3.76. The van der Waals surface area contributed by atoms with Gasteiger partial charge < -0.3 is 9.72 Å². The molecule has 3 aromatic carbocycles. The minimum absolute atomic E-state index is 0.139. The minimum atomic E-state index is -0.139. The van der Waals surface area contributed by atoms with Gasteiger partial charge in [-0.3, -0.25) is 9.80 Å². The molecule has 0 saturated carbocycles. The molecule has 7 heteroatoms. The van der Waals surface area contributed by atoms with Crippen molar-refractivity contribution in [3.8, 4) is 5.75 Å². The highest BCUT2D eigenvalue weighted by Gasteiger charge is 2.27. The van der Waals surface area contributed by atoms with E-state index in [9.17, 15) is 4.79 Å². The Balaban J connectivity index is 1.24. The Hall–Kier alpha value is -3.65. The summed E-state index contributed by atoms with van der Waals surface area (Å²) in [5.41, 5.74) is 11.6. The second kappa shape index (κ2) is 8.84. The molecule has 1 aromatic heterocycles. The first-order valence-corrected chi connectivity index (χ1v) is 10.6. The van der Waals surface area contributed by atoms with Gasteiger partial charge >= 0.3 is 0 Å². The van der Waals surface area contributed by atoms with E-state index in [-0.39, 0.29) is 5.56 Å². The van der Waals surface area contributed by atoms with Gasteiger partial charge in [0.1, 0.15) is 12.4 Å². The van der Waals surface area contributed by atoms with Crippen LogP contribution in [-0.2, 0) is 13.0 Å². The number of nitrogens with one attached hydrogen (secondary N) is 3. The van der Waals surface area contributed by atoms with Crippen LogP contribution in [0.2, 0.25) is 0 Å². The highest BCUT2D eigenvalue weighted by molar-refractivity contribution is 5.91. The SMILES string of the molecule is CN(CCc1ccc(OCc2ccccc2)c2[nH]c(=O)ccc12)NNN1c2ccccc21. The van der Waals surface area contributed by atoms with Gasteiger partial charge in [0, 0.05) is 25.0 Å². The van der Waals surface area contributed by atoms with E-state index < -0.39 is 0 Å². The highest BCUT2D eigenvalue weighted by atomic mass is 16.5. The Labute approximate surface area is 186 Å². The molecular formula is C25H25N5O2. The minimum Gasteiger partial charge on any atom is -0.487 e. The Bertz CT molecular complexity index is 1270. The molecule has 0 amide bonds. The normalized spacial score (nSPS) is 12.2. The smallest absolute Gasteiger partial charge is 0.248 e. The summed E-state index contributed by atoms with van der Waals surface area (Å²) in [5.74, 6) is 0.678. The maximum Gasteiger partial charge on any atom is 0.248 e. The number of ether oxygens (including phenoxy) is 1. The standard InChI is InChI=1S/C25H25N5O2/c1-29(27-28-30-21-9-5-6-10-22(21)30)16-15-19-11-13-23(25-20(19)12-14-24(31)26-25)32-17-18-7-3-2-4-8-18/h2-14,27-28H,15-17H2,1H3,(H,26,31). The average Bonchev–Trinajstić information content (AvgIpc) is 3.54. The van der Waals surface area contributed by atoms with Crippen molar-refractivity contribution in [3.63, 3.8) is 0 Å². The number of rotatable bonds is 9. The lowest BCUT2D eigenvalue weighted by atomic mass is 10.0. The lowest BCUT2D eigenvalue weighted by molar-refractivity contribution is 0.199. The van der Waals surface area contributed by atoms with E-state index in [0.29, 0.717) is 12.4 Å². The van der Waals surface area contributed by atoms with Crippen LogP contribution in [0, 0.1) is 0 Å². The molecule has 3 N–H and O–H groups in total. The van der Waals surface area contributed by atoms with Gasteiger partial charge in [0.15, 0.2) is 0 Å². The molecule has 32 heavy (non-hydrogen) atoms. The third-order valence-corrected chi connectivity index (χ3v) is 5.57. The van der Waals surface area contributed by atoms with Crippen molar-refractivity contribution in [1.29, 1.82) is 0 Å². The summed E-state index contributed by atoms with van der Waals surface area (Å²) in [6.45, 7) is 1.22. The number of likely N-dealkylation sites (N-methyl/N-ethyl adjacent to an activating group) is 1. The Kier molecular flexibility index (Phi) is 5.60. The van der Waals surface area contributed by atoms with E-state index in [1.54, 1.807) is 6.07 Å². The molecule has 0 aliphatic carbocycles. The van der Waals surface area contributed by atoms with E-state index in [0.717, 1.165) is 35.0 Å². The highest BCUT2D eigenvalue weighted by Crippen LogP contribution is 2.44. The van der Waals surface area contributed by atoms with E-state index >= 15 is 0 Å². The molecule has 4 aromatic rings. The van der Waals surface area contributed by atoms with Crippen molar-refractivity contribution in [1.82, 2.24) is 21.1 Å². The number of pyridine rings is 1. The number of aromatic amines is 1. The summed E-state index contributed by atoms with van der Waals surface area (Å²) in [4.78, 5) is 14.9. The molecule has 0 atom stereocenters. The lowest BCUT2D eigenvalue weighted by Crippen LogP contribution is -2.48. The molecule has 162 valence electrons. The van der Waals surface area contributed by atoms with Gasteiger partial charge in [-0.05, 0) is 41.8 Å². The number of anilines is 2. The predicted molar refractivity (Wildman–Crippen MR) is 127 cm³/mol. The van der Waals surface area contributed by atoms with E-state index in [4.69, 9.17) is 4.74 Å². The number of hydrogen-bond donors (Lipinski definition) is 3. The number of hydrogen-bond acceptors (Lipinski definition) is 6. The van der Waals surface area contributed by atoms with Crippen LogP contribution in [0.15, 0.2) is 83.7 Å². The molecule has 0 radical (unpaired) electrons. The first-order chi connectivity index (χ1) is 15.7. The molecule has 0 unspecified atom stereocenters. The molecule has 5 rings (SSSR count). The number of para-hydroxylation sites is 2. The largest absolute Gasteiger partial charge is 0.487 e. The zero-order valence-corrected chi connectivity index (χ0v) is 17.8. The van der Waals surface area contributed by atoms with Gasteiger partial charge in [-0.25, -0.2) is 5.01 Å². The van der Waals surface area contributed by atoms with Crippen LogP contribution in [0.3, 0.4) is 0 Å². The van der Waals surface area contributed by atoms with Crippen LogP contribution < -0.4 is 26.4 Å². The maximum atomic E-state index is 12.0. The van der Waals surface area contributed by atoms with E-state index in [1.165, 1.54) is 11.4 Å². The van der Waals surface area contributed by atoms with Gasteiger partial charge in [0.05, 0.1) is 16.9 Å². The third-order valence-electron chi connectivity index (χ3n) is 5.57. The Morgan fingerprint density at radius 3 is 2.47 bits per heavy atom. The van der Waals surface area contributed by atoms with Crippen LogP contribution in [0.5, 0.6) is 5.75 Å². The summed E-state index contributed by atoms with van der Waals surface area (Å²) in [6, 6.07) is 25.6. The van der Waals surface area contributed by atoms with E-state index in [2.05, 4.69) is 34.3 Å². The Morgan fingerprint density at radius 1 is 0.938 bits per heavy atom. The zero-order valence-electron chi connectivity index (χ0n) is 17.8. The van der Waals surface area contributed by atoms with Gasteiger partial charge in [-0.2, -0.15) is 11.1 Å². The van der Waals surface area contributed by atoms with Gasteiger partial charge in [0.2, 0.25) is 5.56 Å². The molecule has 2 heterocycles. The molecule has 7 nitrogen and oxygen atoms in total. The number of nitrogens with zero attached hydrogens (tertiary/aromatic N) is 2.